The van der Waals surface area contributed by atoms with Gasteiger partial charge in [-0.25, -0.2) is 13.6 Å². The van der Waals surface area contributed by atoms with Crippen LogP contribution in [0.1, 0.15) is 12.0 Å². The van der Waals surface area contributed by atoms with Gasteiger partial charge in [0, 0.05) is 24.5 Å². The molecule has 1 unspecified atom stereocenters. The number of nitrogens with one attached hydrogen (secondary N) is 1. The van der Waals surface area contributed by atoms with E-state index in [0.29, 0.717) is 17.2 Å². The summed E-state index contributed by atoms with van der Waals surface area (Å²) in [6.45, 7) is 4.70. The second-order valence-electron chi connectivity index (χ2n) is 5.53. The first-order chi connectivity index (χ1) is 9.27. The number of benzene rings is 1. The van der Waals surface area contributed by atoms with Crippen LogP contribution in [0.15, 0.2) is 17.0 Å². The van der Waals surface area contributed by atoms with E-state index >= 15 is 0 Å². The third-order valence-corrected chi connectivity index (χ3v) is 4.80. The predicted octanol–water partition coefficient (Wildman–Crippen LogP) is 0.588. The zero-order valence-corrected chi connectivity index (χ0v) is 12.7. The van der Waals surface area contributed by atoms with Gasteiger partial charge in [0.2, 0.25) is 10.0 Å². The lowest BCUT2D eigenvalue weighted by Crippen LogP contribution is -2.20. The van der Waals surface area contributed by atoms with Crippen molar-refractivity contribution in [3.05, 3.63) is 17.7 Å². The lowest BCUT2D eigenvalue weighted by molar-refractivity contribution is 0.399. The summed E-state index contributed by atoms with van der Waals surface area (Å²) in [5.41, 5.74) is 7.51. The quantitative estimate of drug-likeness (QED) is 0.706. The van der Waals surface area contributed by atoms with E-state index < -0.39 is 10.0 Å². The van der Waals surface area contributed by atoms with E-state index in [1.165, 1.54) is 6.07 Å². The zero-order valence-electron chi connectivity index (χ0n) is 11.9. The minimum Gasteiger partial charge on any atom is -0.399 e. The first-order valence-electron chi connectivity index (χ1n) is 6.62. The van der Waals surface area contributed by atoms with E-state index in [1.54, 1.807) is 13.0 Å². The van der Waals surface area contributed by atoms with Gasteiger partial charge in [0.05, 0.1) is 4.90 Å². The second-order valence-corrected chi connectivity index (χ2v) is 7.06. The minimum atomic E-state index is -3.75. The van der Waals surface area contributed by atoms with Crippen molar-refractivity contribution in [1.29, 1.82) is 0 Å². The smallest absolute Gasteiger partial charge is 0.238 e. The molecule has 1 heterocycles. The Morgan fingerprint density at radius 1 is 1.45 bits per heavy atom. The van der Waals surface area contributed by atoms with Crippen molar-refractivity contribution in [2.24, 2.45) is 11.1 Å². The maximum absolute atomic E-state index is 11.5. The number of nitrogen functional groups attached to an aromatic ring is 1. The van der Waals surface area contributed by atoms with Gasteiger partial charge >= 0.3 is 0 Å². The Balaban J connectivity index is 2.18. The van der Waals surface area contributed by atoms with Crippen LogP contribution in [0.25, 0.3) is 0 Å². The molecule has 20 heavy (non-hydrogen) atoms. The molecule has 2 rings (SSSR count). The maximum Gasteiger partial charge on any atom is 0.238 e. The molecule has 1 aliphatic heterocycles. The van der Waals surface area contributed by atoms with E-state index in [2.05, 4.69) is 17.3 Å². The van der Waals surface area contributed by atoms with Crippen LogP contribution in [0.2, 0.25) is 0 Å². The maximum atomic E-state index is 11.5. The van der Waals surface area contributed by atoms with Gasteiger partial charge in [-0.1, -0.05) is 0 Å². The molecule has 7 heteroatoms. The van der Waals surface area contributed by atoms with Crippen molar-refractivity contribution in [1.82, 2.24) is 4.90 Å². The molecule has 0 spiro atoms. The van der Waals surface area contributed by atoms with Gasteiger partial charge in [-0.2, -0.15) is 0 Å². The Kier molecular flexibility index (Phi) is 4.22. The number of anilines is 2. The molecule has 1 atom stereocenters. The van der Waals surface area contributed by atoms with E-state index in [0.717, 1.165) is 31.7 Å². The Morgan fingerprint density at radius 2 is 2.15 bits per heavy atom. The van der Waals surface area contributed by atoms with E-state index in [9.17, 15) is 8.42 Å². The van der Waals surface area contributed by atoms with Gasteiger partial charge < -0.3 is 16.0 Å². The average Bonchev–Trinajstić information content (AvgIpc) is 2.74. The lowest BCUT2D eigenvalue weighted by atomic mass is 10.1. The molecular formula is C13H22N4O2S. The summed E-state index contributed by atoms with van der Waals surface area (Å²) in [7, 11) is -1.65. The minimum absolute atomic E-state index is 0.0866. The number of primary sulfonamides is 1. The topological polar surface area (TPSA) is 101 Å². The molecule has 0 bridgehead atoms. The van der Waals surface area contributed by atoms with Crippen molar-refractivity contribution >= 4 is 21.4 Å². The number of hydrogen-bond acceptors (Lipinski definition) is 5. The van der Waals surface area contributed by atoms with E-state index in [1.807, 2.05) is 0 Å². The molecule has 0 radical (unpaired) electrons. The van der Waals surface area contributed by atoms with Crippen LogP contribution in [-0.2, 0) is 10.0 Å². The molecule has 1 saturated heterocycles. The molecule has 112 valence electrons. The largest absolute Gasteiger partial charge is 0.399 e. The van der Waals surface area contributed by atoms with Crippen molar-refractivity contribution < 1.29 is 8.42 Å². The van der Waals surface area contributed by atoms with Gasteiger partial charge in [-0.15, -0.1) is 0 Å². The van der Waals surface area contributed by atoms with Crippen molar-refractivity contribution in [2.45, 2.75) is 18.2 Å². The first-order valence-corrected chi connectivity index (χ1v) is 8.17. The highest BCUT2D eigenvalue weighted by molar-refractivity contribution is 7.89. The van der Waals surface area contributed by atoms with Gasteiger partial charge in [-0.05, 0) is 50.6 Å². The summed E-state index contributed by atoms with van der Waals surface area (Å²) in [4.78, 5) is 2.37. The van der Waals surface area contributed by atoms with Crippen molar-refractivity contribution in [2.75, 3.05) is 37.7 Å². The molecule has 1 fully saturated rings. The molecule has 0 saturated carbocycles. The third-order valence-electron chi connectivity index (χ3n) is 3.76. The SMILES string of the molecule is Cc1c(NCC2CCN(C)C2)cc(N)cc1S(N)(=O)=O. The van der Waals surface area contributed by atoms with E-state index in [4.69, 9.17) is 10.9 Å². The highest BCUT2D eigenvalue weighted by Crippen LogP contribution is 2.26. The molecular weight excluding hydrogens is 276 g/mol. The number of hydrogen-bond donors (Lipinski definition) is 3. The number of likely N-dealkylation sites (tertiary alicyclic amines) is 1. The zero-order chi connectivity index (χ0) is 14.9. The Bertz CT molecular complexity index is 601. The normalized spacial score (nSPS) is 20.2. The number of nitrogens with zero attached hydrogens (tertiary/aromatic N) is 1. The molecule has 0 aliphatic carbocycles. The van der Waals surface area contributed by atoms with Crippen LogP contribution in [0, 0.1) is 12.8 Å². The van der Waals surface area contributed by atoms with Crippen LogP contribution in [-0.4, -0.2) is 40.0 Å². The van der Waals surface area contributed by atoms with Crippen LogP contribution < -0.4 is 16.2 Å². The van der Waals surface area contributed by atoms with Crippen molar-refractivity contribution in [3.8, 4) is 0 Å². The van der Waals surface area contributed by atoms with Crippen LogP contribution in [0.3, 0.4) is 0 Å². The van der Waals surface area contributed by atoms with Crippen molar-refractivity contribution in [3.63, 3.8) is 0 Å². The molecule has 1 aliphatic rings. The fourth-order valence-electron chi connectivity index (χ4n) is 2.64. The highest BCUT2D eigenvalue weighted by atomic mass is 32.2. The van der Waals surface area contributed by atoms with Gasteiger partial charge in [0.25, 0.3) is 0 Å². The summed E-state index contributed by atoms with van der Waals surface area (Å²) in [5.74, 6) is 0.568. The van der Waals surface area contributed by atoms with Gasteiger partial charge in [0.1, 0.15) is 0 Å². The predicted molar refractivity (Wildman–Crippen MR) is 81.1 cm³/mol. The number of sulfonamides is 1. The summed E-state index contributed by atoms with van der Waals surface area (Å²) in [6, 6.07) is 3.15. The number of nitrogens with two attached hydrogens (primary N) is 2. The monoisotopic (exact) mass is 298 g/mol. The Labute approximate surface area is 120 Å². The van der Waals surface area contributed by atoms with Crippen LogP contribution >= 0.6 is 0 Å². The summed E-state index contributed by atoms with van der Waals surface area (Å²) >= 11 is 0. The van der Waals surface area contributed by atoms with Crippen LogP contribution in [0.4, 0.5) is 11.4 Å². The summed E-state index contributed by atoms with van der Waals surface area (Å²) < 4.78 is 23.1. The Hall–Kier alpha value is -1.31. The van der Waals surface area contributed by atoms with Crippen LogP contribution in [0.5, 0.6) is 0 Å². The first kappa shape index (κ1) is 15.1. The fraction of sp³-hybridized carbons (Fsp3) is 0.538. The Morgan fingerprint density at radius 3 is 2.70 bits per heavy atom. The van der Waals surface area contributed by atoms with Gasteiger partial charge in [0.15, 0.2) is 0 Å². The average molecular weight is 298 g/mol. The molecule has 0 amide bonds. The molecule has 1 aromatic carbocycles. The molecule has 1 aromatic rings. The van der Waals surface area contributed by atoms with E-state index in [-0.39, 0.29) is 4.90 Å². The third kappa shape index (κ3) is 3.41. The standard InChI is InChI=1S/C13H22N4O2S/c1-9-12(16-7-10-3-4-17(2)8-10)5-11(14)6-13(9)20(15,18)19/h5-6,10,16H,3-4,7-8,14H2,1-2H3,(H2,15,18,19). The highest BCUT2D eigenvalue weighted by Gasteiger charge is 2.20. The molecule has 6 nitrogen and oxygen atoms in total. The second kappa shape index (κ2) is 5.59. The number of rotatable bonds is 4. The molecule has 5 N–H and O–H groups in total. The molecule has 0 aromatic heterocycles. The summed E-state index contributed by atoms with van der Waals surface area (Å²) in [5, 5.41) is 8.52. The lowest BCUT2D eigenvalue weighted by Gasteiger charge is -2.16. The summed E-state index contributed by atoms with van der Waals surface area (Å²) in [6.07, 6.45) is 1.15. The fourth-order valence-corrected chi connectivity index (χ4v) is 3.47. The van der Waals surface area contributed by atoms with Gasteiger partial charge in [-0.3, -0.25) is 0 Å².